The number of oxazole rings is 1. The highest BCUT2D eigenvalue weighted by atomic mass is 35.5. The Bertz CT molecular complexity index is 1440. The third-order valence-electron chi connectivity index (χ3n) is 5.32. The number of benzene rings is 2. The van der Waals surface area contributed by atoms with E-state index in [1.165, 1.54) is 19.2 Å². The zero-order chi connectivity index (χ0) is 26.7. The van der Waals surface area contributed by atoms with Gasteiger partial charge in [0.25, 0.3) is 5.91 Å². The molecule has 4 rings (SSSR count). The van der Waals surface area contributed by atoms with Gasteiger partial charge in [0.05, 0.1) is 24.7 Å². The van der Waals surface area contributed by atoms with Crippen LogP contribution in [0.2, 0.25) is 5.02 Å². The van der Waals surface area contributed by atoms with E-state index >= 15 is 0 Å². The molecule has 194 valence electrons. The van der Waals surface area contributed by atoms with Crippen molar-refractivity contribution < 1.29 is 31.9 Å². The van der Waals surface area contributed by atoms with Crippen LogP contribution in [0.4, 0.5) is 13.2 Å². The molecular weight excluding hydrogens is 513 g/mol. The van der Waals surface area contributed by atoms with E-state index in [2.05, 4.69) is 15.3 Å². The first-order valence-corrected chi connectivity index (χ1v) is 11.4. The first kappa shape index (κ1) is 26.2. The van der Waals surface area contributed by atoms with Crippen molar-refractivity contribution >= 4 is 28.4 Å². The minimum Gasteiger partial charge on any atom is -0.494 e. The van der Waals surface area contributed by atoms with E-state index in [0.717, 1.165) is 6.07 Å². The Labute approximate surface area is 214 Å². The molecule has 0 saturated heterocycles. The van der Waals surface area contributed by atoms with Crippen LogP contribution in [-0.4, -0.2) is 36.1 Å². The number of para-hydroxylation sites is 1. The Kier molecular flexibility index (Phi) is 7.55. The summed E-state index contributed by atoms with van der Waals surface area (Å²) in [7, 11) is 1.33. The molecule has 0 radical (unpaired) electrons. The van der Waals surface area contributed by atoms with Crippen molar-refractivity contribution in [2.75, 3.05) is 20.3 Å². The van der Waals surface area contributed by atoms with Gasteiger partial charge in [0.1, 0.15) is 29.3 Å². The molecule has 4 aromatic rings. The average Bonchev–Trinajstić information content (AvgIpc) is 3.32. The fourth-order valence-corrected chi connectivity index (χ4v) is 3.78. The van der Waals surface area contributed by atoms with Crippen LogP contribution < -0.4 is 20.5 Å². The highest BCUT2D eigenvalue weighted by Gasteiger charge is 2.33. The van der Waals surface area contributed by atoms with Crippen molar-refractivity contribution in [3.8, 4) is 23.0 Å². The summed E-state index contributed by atoms with van der Waals surface area (Å²) in [5, 5.41) is 3.42. The lowest BCUT2D eigenvalue weighted by Gasteiger charge is -2.11. The molecule has 8 nitrogen and oxygen atoms in total. The number of alkyl halides is 3. The zero-order valence-corrected chi connectivity index (χ0v) is 20.5. The van der Waals surface area contributed by atoms with Crippen LogP contribution >= 0.6 is 11.6 Å². The van der Waals surface area contributed by atoms with Crippen LogP contribution in [0.5, 0.6) is 11.5 Å². The molecule has 0 unspecified atom stereocenters. The number of amides is 1. The number of aromatic nitrogens is 2. The minimum absolute atomic E-state index is 0.000945. The van der Waals surface area contributed by atoms with Gasteiger partial charge in [0, 0.05) is 10.9 Å². The first-order chi connectivity index (χ1) is 17.6. The van der Waals surface area contributed by atoms with E-state index in [-0.39, 0.29) is 41.8 Å². The number of pyridine rings is 1. The van der Waals surface area contributed by atoms with Crippen molar-refractivity contribution in [1.29, 1.82) is 0 Å². The van der Waals surface area contributed by atoms with Gasteiger partial charge in [0.15, 0.2) is 11.5 Å². The summed E-state index contributed by atoms with van der Waals surface area (Å²) in [6.45, 7) is 1.90. The molecule has 0 aliphatic rings. The fourth-order valence-electron chi connectivity index (χ4n) is 3.59. The molecule has 37 heavy (non-hydrogen) atoms. The third-order valence-corrected chi connectivity index (χ3v) is 5.64. The van der Waals surface area contributed by atoms with E-state index in [1.54, 1.807) is 37.3 Å². The largest absolute Gasteiger partial charge is 0.494 e. The Morgan fingerprint density at radius 2 is 1.89 bits per heavy atom. The molecule has 0 bridgehead atoms. The maximum absolute atomic E-state index is 13.2. The molecule has 12 heteroatoms. The van der Waals surface area contributed by atoms with Crippen LogP contribution in [0, 0.1) is 0 Å². The van der Waals surface area contributed by atoms with Crippen LogP contribution in [-0.2, 0) is 6.18 Å². The van der Waals surface area contributed by atoms with Crippen molar-refractivity contribution in [3.63, 3.8) is 0 Å². The lowest BCUT2D eigenvalue weighted by atomic mass is 10.1. The lowest BCUT2D eigenvalue weighted by molar-refractivity contribution is -0.140. The normalized spacial score (nSPS) is 12.4. The SMILES string of the molecule is COc1ccc(-c2nc(C(=O)NCCOc3ccccc3Cl)c([C@H](C)N)o2)c2ccc(C(F)(F)F)nc12. The molecular formula is C25H22ClF3N4O4. The molecule has 2 aromatic heterocycles. The van der Waals surface area contributed by atoms with Gasteiger partial charge in [-0.2, -0.15) is 13.2 Å². The van der Waals surface area contributed by atoms with Crippen molar-refractivity contribution in [1.82, 2.24) is 15.3 Å². The van der Waals surface area contributed by atoms with E-state index < -0.39 is 23.8 Å². The number of ether oxygens (including phenoxy) is 2. The molecule has 1 atom stereocenters. The van der Waals surface area contributed by atoms with Gasteiger partial charge in [0.2, 0.25) is 5.89 Å². The van der Waals surface area contributed by atoms with Gasteiger partial charge in [-0.1, -0.05) is 23.7 Å². The Balaban J connectivity index is 1.62. The van der Waals surface area contributed by atoms with Gasteiger partial charge in [-0.05, 0) is 43.3 Å². The van der Waals surface area contributed by atoms with Crippen LogP contribution in [0.25, 0.3) is 22.4 Å². The monoisotopic (exact) mass is 534 g/mol. The highest BCUT2D eigenvalue weighted by Crippen LogP contribution is 2.37. The lowest BCUT2D eigenvalue weighted by Crippen LogP contribution is -2.29. The predicted molar refractivity (Wildman–Crippen MR) is 131 cm³/mol. The number of halogens is 4. The molecule has 3 N–H and O–H groups in total. The summed E-state index contributed by atoms with van der Waals surface area (Å²) in [5.74, 6) is 0.176. The Morgan fingerprint density at radius 3 is 2.57 bits per heavy atom. The van der Waals surface area contributed by atoms with Gasteiger partial charge in [-0.15, -0.1) is 0 Å². The van der Waals surface area contributed by atoms with E-state index in [4.69, 9.17) is 31.2 Å². The second kappa shape index (κ2) is 10.7. The number of rotatable bonds is 8. The predicted octanol–water partition coefficient (Wildman–Crippen LogP) is 5.40. The minimum atomic E-state index is -4.64. The van der Waals surface area contributed by atoms with Crippen LogP contribution in [0.3, 0.4) is 0 Å². The number of hydrogen-bond acceptors (Lipinski definition) is 7. The second-order valence-corrected chi connectivity index (χ2v) is 8.37. The summed E-state index contributed by atoms with van der Waals surface area (Å²) >= 11 is 6.05. The maximum Gasteiger partial charge on any atom is 0.433 e. The summed E-state index contributed by atoms with van der Waals surface area (Å²) in [6.07, 6.45) is -4.64. The average molecular weight is 535 g/mol. The van der Waals surface area contributed by atoms with Gasteiger partial charge in [-0.25, -0.2) is 9.97 Å². The Hall–Kier alpha value is -3.83. The molecule has 0 aliphatic carbocycles. The number of nitrogens with two attached hydrogens (primary N) is 1. The van der Waals surface area contributed by atoms with Crippen molar-refractivity contribution in [3.05, 3.63) is 70.7 Å². The smallest absolute Gasteiger partial charge is 0.433 e. The summed E-state index contributed by atoms with van der Waals surface area (Å²) in [5.41, 5.74) is 5.18. The van der Waals surface area contributed by atoms with Crippen LogP contribution in [0.1, 0.15) is 34.9 Å². The van der Waals surface area contributed by atoms with Gasteiger partial charge >= 0.3 is 6.18 Å². The van der Waals surface area contributed by atoms with E-state index in [1.807, 2.05) is 0 Å². The van der Waals surface area contributed by atoms with Crippen LogP contribution in [0.15, 0.2) is 52.9 Å². The van der Waals surface area contributed by atoms with Crippen molar-refractivity contribution in [2.45, 2.75) is 19.1 Å². The quantitative estimate of drug-likeness (QED) is 0.291. The number of carbonyl (C=O) groups excluding carboxylic acids is 1. The number of nitrogens with zero attached hydrogens (tertiary/aromatic N) is 2. The highest BCUT2D eigenvalue weighted by molar-refractivity contribution is 6.32. The number of carbonyl (C=O) groups is 1. The molecule has 0 saturated carbocycles. The fraction of sp³-hybridized carbons (Fsp3) is 0.240. The molecule has 0 spiro atoms. The second-order valence-electron chi connectivity index (χ2n) is 7.96. The van der Waals surface area contributed by atoms with Gasteiger partial charge < -0.3 is 24.9 Å². The molecule has 2 heterocycles. The molecule has 1 amide bonds. The van der Waals surface area contributed by atoms with E-state index in [9.17, 15) is 18.0 Å². The first-order valence-electron chi connectivity index (χ1n) is 11.1. The molecule has 2 aromatic carbocycles. The Morgan fingerprint density at radius 1 is 1.14 bits per heavy atom. The number of fused-ring (bicyclic) bond motifs is 1. The third kappa shape index (κ3) is 5.62. The maximum atomic E-state index is 13.2. The molecule has 0 aliphatic heterocycles. The summed E-state index contributed by atoms with van der Waals surface area (Å²) in [4.78, 5) is 20.9. The van der Waals surface area contributed by atoms with Gasteiger partial charge in [-0.3, -0.25) is 4.79 Å². The molecule has 0 fully saturated rings. The standard InChI is InChI=1S/C25H22ClF3N4O4/c1-13(30)22-21(23(34)31-11-12-36-17-6-4-3-5-16(17)26)33-24(37-22)15-7-9-18(35-2)20-14(15)8-10-19(32-20)25(27,28)29/h3-10,13H,11-12,30H2,1-2H3,(H,31,34)/t13-/m0/s1. The zero-order valence-electron chi connectivity index (χ0n) is 19.7. The number of methoxy groups -OCH3 is 1. The van der Waals surface area contributed by atoms with E-state index in [0.29, 0.717) is 21.7 Å². The topological polar surface area (TPSA) is 112 Å². The van der Waals surface area contributed by atoms with Crippen molar-refractivity contribution in [2.24, 2.45) is 5.73 Å². The summed E-state index contributed by atoms with van der Waals surface area (Å²) < 4.78 is 56.3. The number of hydrogen-bond donors (Lipinski definition) is 2. The summed E-state index contributed by atoms with van der Waals surface area (Å²) in [6, 6.07) is 11.4. The number of nitrogens with one attached hydrogen (secondary N) is 1.